The fraction of sp³-hybridized carbons (Fsp3) is 0.357. The summed E-state index contributed by atoms with van der Waals surface area (Å²) in [4.78, 5) is 0. The first kappa shape index (κ1) is 10.5. The van der Waals surface area contributed by atoms with E-state index >= 15 is 0 Å². The molecule has 0 aliphatic heterocycles. The van der Waals surface area contributed by atoms with Gasteiger partial charge in [0, 0.05) is 18.2 Å². The topological polar surface area (TPSA) is 43.8 Å². The molecule has 1 aliphatic rings. The maximum Gasteiger partial charge on any atom is 0.0683 e. The summed E-state index contributed by atoms with van der Waals surface area (Å²) < 4.78 is 1.96. The number of aromatic nitrogens is 2. The van der Waals surface area contributed by atoms with Crippen molar-refractivity contribution < 1.29 is 0 Å². The number of para-hydroxylation sites is 1. The van der Waals surface area contributed by atoms with Crippen molar-refractivity contribution >= 4 is 0 Å². The molecule has 0 spiro atoms. The third-order valence-electron chi connectivity index (χ3n) is 3.68. The van der Waals surface area contributed by atoms with Crippen LogP contribution in [0.4, 0.5) is 0 Å². The fourth-order valence-corrected chi connectivity index (χ4v) is 2.40. The van der Waals surface area contributed by atoms with Crippen LogP contribution in [0.5, 0.6) is 0 Å². The Labute approximate surface area is 101 Å². The van der Waals surface area contributed by atoms with Gasteiger partial charge in [0.1, 0.15) is 0 Å². The van der Waals surface area contributed by atoms with Gasteiger partial charge >= 0.3 is 0 Å². The van der Waals surface area contributed by atoms with Gasteiger partial charge in [-0.05, 0) is 37.0 Å². The van der Waals surface area contributed by atoms with Crippen molar-refractivity contribution in [3.8, 4) is 5.69 Å². The number of rotatable bonds is 3. The number of benzene rings is 1. The molecule has 2 aromatic rings. The van der Waals surface area contributed by atoms with Gasteiger partial charge < -0.3 is 5.73 Å². The van der Waals surface area contributed by atoms with Gasteiger partial charge in [0.25, 0.3) is 0 Å². The summed E-state index contributed by atoms with van der Waals surface area (Å²) in [5, 5.41) is 4.40. The molecule has 1 aliphatic carbocycles. The van der Waals surface area contributed by atoms with Crippen LogP contribution in [-0.2, 0) is 5.41 Å². The zero-order valence-corrected chi connectivity index (χ0v) is 10.1. The van der Waals surface area contributed by atoms with E-state index in [1.807, 2.05) is 10.9 Å². The molecular weight excluding hydrogens is 210 g/mol. The molecule has 0 bridgehead atoms. The van der Waals surface area contributed by atoms with Crippen LogP contribution in [0.25, 0.3) is 5.69 Å². The number of aryl methyl sites for hydroxylation is 1. The lowest BCUT2D eigenvalue weighted by Crippen LogP contribution is -2.21. The smallest absolute Gasteiger partial charge is 0.0683 e. The predicted octanol–water partition coefficient (Wildman–Crippen LogP) is 2.17. The first-order valence-corrected chi connectivity index (χ1v) is 6.06. The van der Waals surface area contributed by atoms with Crippen molar-refractivity contribution in [1.82, 2.24) is 9.78 Å². The molecule has 3 rings (SSSR count). The molecule has 0 saturated heterocycles. The van der Waals surface area contributed by atoms with Gasteiger partial charge in [-0.15, -0.1) is 0 Å². The van der Waals surface area contributed by atoms with Gasteiger partial charge in [0.05, 0.1) is 11.9 Å². The standard InChI is InChI=1S/C14H17N3/c1-11-8-16-17(9-11)13-5-3-2-4-12(13)14(10-15)6-7-14/h2-5,8-9H,6-7,10,15H2,1H3. The molecule has 0 unspecified atom stereocenters. The van der Waals surface area contributed by atoms with E-state index in [2.05, 4.69) is 42.5 Å². The van der Waals surface area contributed by atoms with Gasteiger partial charge in [0.15, 0.2) is 0 Å². The van der Waals surface area contributed by atoms with Gasteiger partial charge in [0.2, 0.25) is 0 Å². The molecule has 0 radical (unpaired) electrons. The molecule has 1 aromatic heterocycles. The Balaban J connectivity index is 2.11. The Morgan fingerprint density at radius 2 is 2.12 bits per heavy atom. The number of nitrogens with zero attached hydrogens (tertiary/aromatic N) is 2. The molecule has 3 nitrogen and oxygen atoms in total. The van der Waals surface area contributed by atoms with E-state index in [1.54, 1.807) is 0 Å². The molecular formula is C14H17N3. The Kier molecular flexibility index (Phi) is 2.30. The molecule has 17 heavy (non-hydrogen) atoms. The van der Waals surface area contributed by atoms with Crippen LogP contribution in [0.15, 0.2) is 36.7 Å². The van der Waals surface area contributed by atoms with E-state index in [0.717, 1.165) is 6.54 Å². The van der Waals surface area contributed by atoms with Crippen LogP contribution >= 0.6 is 0 Å². The van der Waals surface area contributed by atoms with E-state index in [9.17, 15) is 0 Å². The first-order chi connectivity index (χ1) is 8.25. The van der Waals surface area contributed by atoms with Crippen LogP contribution in [0.1, 0.15) is 24.0 Å². The highest BCUT2D eigenvalue weighted by molar-refractivity contribution is 5.48. The van der Waals surface area contributed by atoms with E-state index in [0.29, 0.717) is 0 Å². The van der Waals surface area contributed by atoms with Crippen molar-refractivity contribution in [2.24, 2.45) is 5.73 Å². The van der Waals surface area contributed by atoms with Crippen LogP contribution in [0.3, 0.4) is 0 Å². The summed E-state index contributed by atoms with van der Waals surface area (Å²) >= 11 is 0. The zero-order chi connectivity index (χ0) is 11.9. The second-order valence-corrected chi connectivity index (χ2v) is 4.96. The SMILES string of the molecule is Cc1cnn(-c2ccccc2C2(CN)CC2)c1. The minimum absolute atomic E-state index is 0.205. The Bertz CT molecular complexity index is 538. The first-order valence-electron chi connectivity index (χ1n) is 6.06. The van der Waals surface area contributed by atoms with Gasteiger partial charge in [-0.2, -0.15) is 5.10 Å². The van der Waals surface area contributed by atoms with Crippen molar-refractivity contribution in [2.75, 3.05) is 6.54 Å². The summed E-state index contributed by atoms with van der Waals surface area (Å²) in [6.07, 6.45) is 6.34. The highest BCUT2D eigenvalue weighted by Crippen LogP contribution is 2.49. The van der Waals surface area contributed by atoms with E-state index < -0.39 is 0 Å². The molecule has 1 heterocycles. The third kappa shape index (κ3) is 1.67. The fourth-order valence-electron chi connectivity index (χ4n) is 2.40. The average molecular weight is 227 g/mol. The molecule has 3 heteroatoms. The maximum atomic E-state index is 5.92. The van der Waals surface area contributed by atoms with Crippen LogP contribution in [0, 0.1) is 6.92 Å². The zero-order valence-electron chi connectivity index (χ0n) is 10.1. The van der Waals surface area contributed by atoms with Crippen molar-refractivity contribution in [2.45, 2.75) is 25.2 Å². The summed E-state index contributed by atoms with van der Waals surface area (Å²) in [5.41, 5.74) is 9.81. The van der Waals surface area contributed by atoms with E-state index in [1.165, 1.54) is 29.7 Å². The van der Waals surface area contributed by atoms with E-state index in [4.69, 9.17) is 5.73 Å². The Morgan fingerprint density at radius 1 is 1.35 bits per heavy atom. The van der Waals surface area contributed by atoms with Crippen molar-refractivity contribution in [3.05, 3.63) is 47.8 Å². The third-order valence-corrected chi connectivity index (χ3v) is 3.68. The van der Waals surface area contributed by atoms with Gasteiger partial charge in [-0.25, -0.2) is 4.68 Å². The van der Waals surface area contributed by atoms with Crippen LogP contribution in [0.2, 0.25) is 0 Å². The average Bonchev–Trinajstić information content (AvgIpc) is 3.05. The molecule has 1 aromatic carbocycles. The predicted molar refractivity (Wildman–Crippen MR) is 68.3 cm³/mol. The molecule has 88 valence electrons. The van der Waals surface area contributed by atoms with Crippen molar-refractivity contribution in [1.29, 1.82) is 0 Å². The highest BCUT2D eigenvalue weighted by atomic mass is 15.3. The van der Waals surface area contributed by atoms with Gasteiger partial charge in [-0.1, -0.05) is 18.2 Å². The number of nitrogens with two attached hydrogens (primary N) is 1. The molecule has 1 saturated carbocycles. The number of hydrogen-bond acceptors (Lipinski definition) is 2. The number of hydrogen-bond donors (Lipinski definition) is 1. The molecule has 2 N–H and O–H groups in total. The minimum atomic E-state index is 0.205. The van der Waals surface area contributed by atoms with Crippen LogP contribution in [-0.4, -0.2) is 16.3 Å². The minimum Gasteiger partial charge on any atom is -0.330 e. The second kappa shape index (κ2) is 3.70. The lowest BCUT2D eigenvalue weighted by atomic mass is 9.94. The summed E-state index contributed by atoms with van der Waals surface area (Å²) in [5.74, 6) is 0. The highest BCUT2D eigenvalue weighted by Gasteiger charge is 2.44. The maximum absolute atomic E-state index is 5.92. The molecule has 0 atom stereocenters. The largest absolute Gasteiger partial charge is 0.330 e. The van der Waals surface area contributed by atoms with Crippen molar-refractivity contribution in [3.63, 3.8) is 0 Å². The Hall–Kier alpha value is -1.61. The molecule has 0 amide bonds. The monoisotopic (exact) mass is 227 g/mol. The quantitative estimate of drug-likeness (QED) is 0.873. The summed E-state index contributed by atoms with van der Waals surface area (Å²) in [7, 11) is 0. The summed E-state index contributed by atoms with van der Waals surface area (Å²) in [6, 6.07) is 8.46. The lowest BCUT2D eigenvalue weighted by Gasteiger charge is -2.17. The molecule has 1 fully saturated rings. The normalized spacial score (nSPS) is 17.1. The van der Waals surface area contributed by atoms with Gasteiger partial charge in [-0.3, -0.25) is 0 Å². The summed E-state index contributed by atoms with van der Waals surface area (Å²) in [6.45, 7) is 2.78. The lowest BCUT2D eigenvalue weighted by molar-refractivity contribution is 0.690. The second-order valence-electron chi connectivity index (χ2n) is 4.96. The van der Waals surface area contributed by atoms with E-state index in [-0.39, 0.29) is 5.41 Å². The Morgan fingerprint density at radius 3 is 2.71 bits per heavy atom. The van der Waals surface area contributed by atoms with Crippen LogP contribution < -0.4 is 5.73 Å².